The molecule has 3 nitrogen and oxygen atoms in total. The zero-order chi connectivity index (χ0) is 3.58. The van der Waals surface area contributed by atoms with Gasteiger partial charge >= 0.3 is 29.3 Å². The summed E-state index contributed by atoms with van der Waals surface area (Å²) in [6.45, 7) is 0. The first-order chi connectivity index (χ1) is 1.73. The molecule has 0 spiro atoms. The Kier molecular flexibility index (Phi) is 10.3. The van der Waals surface area contributed by atoms with Gasteiger partial charge in [-0.25, -0.2) is 0 Å². The van der Waals surface area contributed by atoms with E-state index < -0.39 is 18.6 Å². The number of hydrogen-bond acceptors (Lipinski definition) is 1. The van der Waals surface area contributed by atoms with Crippen LogP contribution in [0.15, 0.2) is 0 Å². The van der Waals surface area contributed by atoms with E-state index in [2.05, 4.69) is 0 Å². The van der Waals surface area contributed by atoms with Crippen molar-refractivity contribution in [3.05, 3.63) is 0 Å². The Morgan fingerprint density at radius 1 is 1.40 bits per heavy atom. The Bertz CT molecular complexity index is 29.9. The van der Waals surface area contributed by atoms with E-state index in [1.165, 1.54) is 0 Å². The molecule has 0 saturated carbocycles. The van der Waals surface area contributed by atoms with E-state index in [4.69, 9.17) is 10.7 Å². The summed E-state index contributed by atoms with van der Waals surface area (Å²) in [5.41, 5.74) is 0. The number of hydrogen-bond donors (Lipinski definition) is 2. The van der Waals surface area contributed by atoms with Gasteiger partial charge in [0, 0.05) is 27.3 Å². The first-order valence-corrected chi connectivity index (χ1v) is 2.69. The van der Waals surface area contributed by atoms with Crippen molar-refractivity contribution in [3.63, 3.8) is 0 Å². The normalized spacial score (nSPS) is 5.20. The minimum atomic E-state index is -3.58. The van der Waals surface area contributed by atoms with Crippen molar-refractivity contribution in [1.82, 2.24) is 0 Å². The smallest absolute Gasteiger partial charge is 0 e. The van der Waals surface area contributed by atoms with Crippen molar-refractivity contribution in [3.8, 4) is 0 Å². The molecule has 0 atom stereocenters. The summed E-state index contributed by atoms with van der Waals surface area (Å²) in [4.78, 5) is 0. The molecule has 28 valence electrons. The van der Waals surface area contributed by atoms with E-state index in [9.17, 15) is 0 Å². The molecule has 0 rings (SSSR count). The molecule has 0 aromatic heterocycles. The van der Waals surface area contributed by atoms with E-state index in [-0.39, 0.29) is 27.3 Å². The van der Waals surface area contributed by atoms with Gasteiger partial charge in [-0.05, 0) is 0 Å². The Hall–Kier alpha value is 1.36. The molecule has 0 amide bonds. The largest absolute Gasteiger partial charge is 0 e. The molecule has 4 radical (unpaired) electrons. The first-order valence-electron chi connectivity index (χ1n) is 0.651. The molecule has 0 bridgehead atoms. The van der Waals surface area contributed by atoms with Crippen LogP contribution in [0.5, 0.6) is 0 Å². The minimum Gasteiger partial charge on any atom is 0 e. The molecule has 5 heavy (non-hydrogen) atoms. The molecule has 0 fully saturated rings. The van der Waals surface area contributed by atoms with E-state index in [0.29, 0.717) is 0 Å². The monoisotopic (exact) mass is 306 g/mol. The Morgan fingerprint density at radius 3 is 1.40 bits per heavy atom. The molecule has 0 aromatic carbocycles. The summed E-state index contributed by atoms with van der Waals surface area (Å²) in [5.74, 6) is 0. The maximum absolute atomic E-state index is 8.81. The van der Waals surface area contributed by atoms with Gasteiger partial charge in [0.25, 0.3) is 0 Å². The van der Waals surface area contributed by atoms with E-state index >= 15 is 0 Å². The van der Waals surface area contributed by atoms with Crippen LogP contribution in [0.1, 0.15) is 0 Å². The molecule has 5 heteroatoms. The average Bonchev–Trinajstić information content (AvgIpc) is 0.811. The number of rotatable bonds is 0. The third-order valence-corrected chi connectivity index (χ3v) is 0. The van der Waals surface area contributed by atoms with Crippen LogP contribution in [-0.4, -0.2) is 34.7 Å². The summed E-state index contributed by atoms with van der Waals surface area (Å²) in [6.07, 6.45) is 0. The third-order valence-electron chi connectivity index (χ3n) is 0. The Morgan fingerprint density at radius 2 is 1.40 bits per heavy atom. The zero-order valence-electron chi connectivity index (χ0n) is 2.30. The Balaban J connectivity index is 0. The minimum absolute atomic E-state index is 0. The van der Waals surface area contributed by atoms with Gasteiger partial charge in [-0.2, -0.15) is 0 Å². The molecule has 0 aromatic rings. The van der Waals surface area contributed by atoms with Gasteiger partial charge in [0.2, 0.25) is 0 Å². The summed E-state index contributed by atoms with van der Waals surface area (Å²) in [6, 6.07) is 0. The molecule has 0 heterocycles. The van der Waals surface area contributed by atoms with Crippen molar-refractivity contribution >= 4 is 27.3 Å². The second-order valence-electron chi connectivity index (χ2n) is 0.283. The Labute approximate surface area is 56.3 Å². The van der Waals surface area contributed by atoms with Crippen molar-refractivity contribution in [2.45, 2.75) is 0 Å². The van der Waals surface area contributed by atoms with E-state index in [0.717, 1.165) is 0 Å². The fraction of sp³-hybridized carbons (Fsp3) is 0. The molecular formula is H2O3PbTi. The van der Waals surface area contributed by atoms with Crippen LogP contribution in [0.25, 0.3) is 0 Å². The van der Waals surface area contributed by atoms with Crippen LogP contribution in [0.3, 0.4) is 0 Å². The first kappa shape index (κ1) is 9.61. The van der Waals surface area contributed by atoms with Gasteiger partial charge in [-0.15, -0.1) is 0 Å². The molecule has 0 unspecified atom stereocenters. The topological polar surface area (TPSA) is 57.5 Å². The van der Waals surface area contributed by atoms with E-state index in [1.54, 1.807) is 0 Å². The molecule has 0 aliphatic rings. The van der Waals surface area contributed by atoms with Crippen LogP contribution < -0.4 is 0 Å². The quantitative estimate of drug-likeness (QED) is 0.529. The second kappa shape index (κ2) is 5.36. The summed E-state index contributed by atoms with van der Waals surface area (Å²) in [7, 11) is 0. The standard InChI is InChI=1S/2H2O.O.Pb.Ti/h2*1H2;;;/q;;;;+2/p-2. The van der Waals surface area contributed by atoms with Gasteiger partial charge in [0.05, 0.1) is 0 Å². The van der Waals surface area contributed by atoms with Gasteiger partial charge < -0.3 is 0 Å². The second-order valence-corrected chi connectivity index (χ2v) is 1.17. The van der Waals surface area contributed by atoms with Crippen LogP contribution in [-0.2, 0) is 21.9 Å². The SMILES string of the molecule is [O]=[Ti]([OH])[OH].[Pb]. The van der Waals surface area contributed by atoms with Crippen molar-refractivity contribution in [2.24, 2.45) is 0 Å². The average molecular weight is 305 g/mol. The predicted octanol–water partition coefficient (Wildman–Crippen LogP) is -1.62. The van der Waals surface area contributed by atoms with Crippen LogP contribution in [0.4, 0.5) is 0 Å². The molecule has 0 aliphatic heterocycles. The van der Waals surface area contributed by atoms with Gasteiger partial charge in [0.1, 0.15) is 0 Å². The molecular weight excluding hydrogens is 303 g/mol. The molecule has 0 aliphatic carbocycles. The third kappa shape index (κ3) is 32.8. The van der Waals surface area contributed by atoms with Crippen molar-refractivity contribution in [1.29, 1.82) is 0 Å². The fourth-order valence-electron chi connectivity index (χ4n) is 0. The van der Waals surface area contributed by atoms with E-state index in [1.807, 2.05) is 0 Å². The molecule has 2 N–H and O–H groups in total. The van der Waals surface area contributed by atoms with Crippen LogP contribution >= 0.6 is 0 Å². The van der Waals surface area contributed by atoms with Gasteiger partial charge in [-0.1, -0.05) is 0 Å². The zero-order valence-corrected chi connectivity index (χ0v) is 7.75. The van der Waals surface area contributed by atoms with Crippen molar-refractivity contribution in [2.75, 3.05) is 0 Å². The van der Waals surface area contributed by atoms with Crippen LogP contribution in [0, 0.1) is 0 Å². The van der Waals surface area contributed by atoms with Crippen LogP contribution in [0.2, 0.25) is 0 Å². The fourth-order valence-corrected chi connectivity index (χ4v) is 0. The van der Waals surface area contributed by atoms with Gasteiger partial charge in [0.15, 0.2) is 0 Å². The van der Waals surface area contributed by atoms with Gasteiger partial charge in [-0.3, -0.25) is 0 Å². The maximum Gasteiger partial charge on any atom is 0 e. The summed E-state index contributed by atoms with van der Waals surface area (Å²) in [5, 5.41) is 0. The molecule has 0 saturated heterocycles. The maximum atomic E-state index is 8.81. The summed E-state index contributed by atoms with van der Waals surface area (Å²) < 4.78 is 23.2. The summed E-state index contributed by atoms with van der Waals surface area (Å²) >= 11 is -3.58. The van der Waals surface area contributed by atoms with Crippen molar-refractivity contribution < 1.29 is 29.3 Å². The predicted molar refractivity (Wildman–Crippen MR) is 10.9 cm³/mol.